The first-order chi connectivity index (χ1) is 13.6. The molecule has 0 atom stereocenters. The number of aromatic nitrogens is 2. The second-order valence-electron chi connectivity index (χ2n) is 7.33. The zero-order valence-corrected chi connectivity index (χ0v) is 17.9. The van der Waals surface area contributed by atoms with Crippen molar-refractivity contribution < 1.29 is 23.8 Å². The molecule has 2 rings (SSSR count). The fourth-order valence-electron chi connectivity index (χ4n) is 2.51. The predicted octanol–water partition coefficient (Wildman–Crippen LogP) is 3.80. The van der Waals surface area contributed by atoms with Gasteiger partial charge in [0.15, 0.2) is 6.61 Å². The SMILES string of the molecule is COc1cccc(Cn2nc(C)c(C=CC(=O)OCC(=O)OC(C)(C)C)c2Cl)c1. The van der Waals surface area contributed by atoms with Crippen LogP contribution < -0.4 is 4.74 Å². The van der Waals surface area contributed by atoms with Crippen molar-refractivity contribution in [3.05, 3.63) is 52.3 Å². The van der Waals surface area contributed by atoms with Gasteiger partial charge in [0.1, 0.15) is 16.5 Å². The van der Waals surface area contributed by atoms with Crippen LogP contribution in [0.3, 0.4) is 0 Å². The van der Waals surface area contributed by atoms with Gasteiger partial charge >= 0.3 is 11.9 Å². The Hall–Kier alpha value is -2.80. The highest BCUT2D eigenvalue weighted by molar-refractivity contribution is 6.31. The lowest BCUT2D eigenvalue weighted by Gasteiger charge is -2.19. The topological polar surface area (TPSA) is 79.7 Å². The van der Waals surface area contributed by atoms with E-state index in [4.69, 9.17) is 25.8 Å². The van der Waals surface area contributed by atoms with E-state index in [1.165, 1.54) is 12.2 Å². The molecule has 1 heterocycles. The number of hydrogen-bond acceptors (Lipinski definition) is 6. The van der Waals surface area contributed by atoms with E-state index in [0.717, 1.165) is 11.3 Å². The molecule has 1 aromatic carbocycles. The van der Waals surface area contributed by atoms with E-state index in [2.05, 4.69) is 5.10 Å². The van der Waals surface area contributed by atoms with Crippen LogP contribution in [0.1, 0.15) is 37.6 Å². The molecule has 0 N–H and O–H groups in total. The van der Waals surface area contributed by atoms with Crippen LogP contribution in [-0.4, -0.2) is 41.0 Å². The number of methoxy groups -OCH3 is 1. The molecule has 0 unspecified atom stereocenters. The van der Waals surface area contributed by atoms with Crippen molar-refractivity contribution in [3.8, 4) is 5.75 Å². The van der Waals surface area contributed by atoms with Crippen LogP contribution in [0, 0.1) is 6.92 Å². The summed E-state index contributed by atoms with van der Waals surface area (Å²) >= 11 is 6.43. The Balaban J connectivity index is 2.02. The van der Waals surface area contributed by atoms with Gasteiger partial charge in [-0.2, -0.15) is 5.10 Å². The van der Waals surface area contributed by atoms with Gasteiger partial charge < -0.3 is 14.2 Å². The maximum atomic E-state index is 11.9. The number of halogens is 1. The van der Waals surface area contributed by atoms with E-state index >= 15 is 0 Å². The molecule has 0 spiro atoms. The van der Waals surface area contributed by atoms with Crippen LogP contribution in [0.15, 0.2) is 30.3 Å². The highest BCUT2D eigenvalue weighted by atomic mass is 35.5. The minimum atomic E-state index is -0.674. The molecule has 8 heteroatoms. The minimum Gasteiger partial charge on any atom is -0.497 e. The van der Waals surface area contributed by atoms with E-state index in [9.17, 15) is 9.59 Å². The van der Waals surface area contributed by atoms with Crippen molar-refractivity contribution in [3.63, 3.8) is 0 Å². The average molecular weight is 421 g/mol. The van der Waals surface area contributed by atoms with Crippen molar-refractivity contribution in [1.82, 2.24) is 9.78 Å². The molecule has 0 saturated heterocycles. The summed E-state index contributed by atoms with van der Waals surface area (Å²) in [5.41, 5.74) is 1.60. The predicted molar refractivity (Wildman–Crippen MR) is 110 cm³/mol. The van der Waals surface area contributed by atoms with Gasteiger partial charge in [0.2, 0.25) is 0 Å². The van der Waals surface area contributed by atoms with E-state index in [1.807, 2.05) is 24.3 Å². The molecule has 0 bridgehead atoms. The van der Waals surface area contributed by atoms with E-state index in [-0.39, 0.29) is 0 Å². The number of carbonyl (C=O) groups excluding carboxylic acids is 2. The maximum Gasteiger partial charge on any atom is 0.344 e. The van der Waals surface area contributed by atoms with Crippen LogP contribution in [-0.2, 0) is 25.6 Å². The van der Waals surface area contributed by atoms with Gasteiger partial charge in [-0.1, -0.05) is 23.7 Å². The zero-order chi connectivity index (χ0) is 21.6. The van der Waals surface area contributed by atoms with Crippen molar-refractivity contribution in [1.29, 1.82) is 0 Å². The normalized spacial score (nSPS) is 11.5. The monoisotopic (exact) mass is 420 g/mol. The molecule has 0 saturated carbocycles. The number of aryl methyl sites for hydroxylation is 1. The number of esters is 2. The van der Waals surface area contributed by atoms with Gasteiger partial charge in [-0.15, -0.1) is 0 Å². The number of nitrogens with zero attached hydrogens (tertiary/aromatic N) is 2. The Labute approximate surface area is 175 Å². The van der Waals surface area contributed by atoms with Gasteiger partial charge in [-0.25, -0.2) is 14.3 Å². The third-order valence-electron chi connectivity index (χ3n) is 3.71. The molecule has 0 aliphatic carbocycles. The molecule has 0 aliphatic heterocycles. The van der Waals surface area contributed by atoms with Gasteiger partial charge in [0.25, 0.3) is 0 Å². The molecule has 156 valence electrons. The lowest BCUT2D eigenvalue weighted by Crippen LogP contribution is -2.27. The Morgan fingerprint density at radius 2 is 2.00 bits per heavy atom. The average Bonchev–Trinajstić information content (AvgIpc) is 2.90. The van der Waals surface area contributed by atoms with Crippen LogP contribution in [0.4, 0.5) is 0 Å². The van der Waals surface area contributed by atoms with Crippen LogP contribution >= 0.6 is 11.6 Å². The second-order valence-corrected chi connectivity index (χ2v) is 7.68. The maximum absolute atomic E-state index is 11.9. The first-order valence-corrected chi connectivity index (χ1v) is 9.39. The summed E-state index contributed by atoms with van der Waals surface area (Å²) in [7, 11) is 1.61. The molecular weight excluding hydrogens is 396 g/mol. The molecular formula is C21H25ClN2O5. The summed E-state index contributed by atoms with van der Waals surface area (Å²) in [6.07, 6.45) is 2.72. The minimum absolute atomic E-state index is 0.390. The van der Waals surface area contributed by atoms with E-state index in [1.54, 1.807) is 39.5 Å². The van der Waals surface area contributed by atoms with Crippen molar-refractivity contribution in [2.24, 2.45) is 0 Å². The summed E-state index contributed by atoms with van der Waals surface area (Å²) in [6.45, 7) is 7.00. The van der Waals surface area contributed by atoms with Crippen molar-refractivity contribution in [2.75, 3.05) is 13.7 Å². The Kier molecular flexibility index (Phi) is 7.45. The summed E-state index contributed by atoms with van der Waals surface area (Å²) in [5.74, 6) is -0.540. The number of carbonyl (C=O) groups is 2. The molecule has 2 aromatic rings. The van der Waals surface area contributed by atoms with Crippen LogP contribution in [0.2, 0.25) is 5.15 Å². The van der Waals surface area contributed by atoms with Gasteiger partial charge in [-0.3, -0.25) is 0 Å². The first-order valence-electron chi connectivity index (χ1n) is 9.01. The number of benzene rings is 1. The van der Waals surface area contributed by atoms with Gasteiger partial charge in [-0.05, 0) is 51.5 Å². The quantitative estimate of drug-likeness (QED) is 0.500. The highest BCUT2D eigenvalue weighted by Crippen LogP contribution is 2.23. The number of hydrogen-bond donors (Lipinski definition) is 0. The summed E-state index contributed by atoms with van der Waals surface area (Å²) in [6, 6.07) is 7.59. The third-order valence-corrected chi connectivity index (χ3v) is 4.11. The Bertz CT molecular complexity index is 912. The Morgan fingerprint density at radius 3 is 2.66 bits per heavy atom. The lowest BCUT2D eigenvalue weighted by atomic mass is 10.2. The lowest BCUT2D eigenvalue weighted by molar-refractivity contribution is -0.164. The molecule has 0 aliphatic rings. The van der Waals surface area contributed by atoms with Gasteiger partial charge in [0.05, 0.1) is 19.3 Å². The van der Waals surface area contributed by atoms with Crippen LogP contribution in [0.5, 0.6) is 5.75 Å². The van der Waals surface area contributed by atoms with Crippen molar-refractivity contribution >= 4 is 29.6 Å². The van der Waals surface area contributed by atoms with E-state index < -0.39 is 24.1 Å². The fraction of sp³-hybridized carbons (Fsp3) is 0.381. The second kappa shape index (κ2) is 9.60. The standard InChI is InChI=1S/C21H25ClN2O5/c1-14-17(9-10-18(25)28-13-19(26)29-21(2,3)4)20(22)24(23-14)12-15-7-6-8-16(11-15)27-5/h6-11H,12-13H2,1-5H3. The first kappa shape index (κ1) is 22.5. The summed E-state index contributed by atoms with van der Waals surface area (Å²) in [4.78, 5) is 23.5. The largest absolute Gasteiger partial charge is 0.497 e. The smallest absolute Gasteiger partial charge is 0.344 e. The highest BCUT2D eigenvalue weighted by Gasteiger charge is 2.17. The van der Waals surface area contributed by atoms with Gasteiger partial charge in [0, 0.05) is 11.6 Å². The molecule has 7 nitrogen and oxygen atoms in total. The molecule has 29 heavy (non-hydrogen) atoms. The number of ether oxygens (including phenoxy) is 3. The number of rotatable bonds is 7. The third kappa shape index (κ3) is 6.94. The van der Waals surface area contributed by atoms with E-state index in [0.29, 0.717) is 23.0 Å². The summed E-state index contributed by atoms with van der Waals surface area (Å²) < 4.78 is 16.8. The molecule has 0 amide bonds. The zero-order valence-electron chi connectivity index (χ0n) is 17.2. The van der Waals surface area contributed by atoms with Crippen LogP contribution in [0.25, 0.3) is 6.08 Å². The molecule has 0 radical (unpaired) electrons. The molecule has 0 fully saturated rings. The molecule has 1 aromatic heterocycles. The summed E-state index contributed by atoms with van der Waals surface area (Å²) in [5, 5.41) is 4.81. The Morgan fingerprint density at radius 1 is 1.28 bits per heavy atom. The van der Waals surface area contributed by atoms with Crippen molar-refractivity contribution in [2.45, 2.75) is 39.8 Å². The fourth-order valence-corrected chi connectivity index (χ4v) is 2.80.